The molecule has 0 bridgehead atoms. The molecule has 1 atom stereocenters. The maximum absolute atomic E-state index is 13.3. The minimum Gasteiger partial charge on any atom is -0.447 e. The number of benzene rings is 1. The van der Waals surface area contributed by atoms with Crippen LogP contribution in [0.25, 0.3) is 0 Å². The van der Waals surface area contributed by atoms with Crippen LogP contribution in [0.15, 0.2) is 18.2 Å². The molecule has 0 unspecified atom stereocenters. The minimum absolute atomic E-state index is 0. The zero-order chi connectivity index (χ0) is 10.1. The summed E-state index contributed by atoms with van der Waals surface area (Å²) in [7, 11) is 0. The van der Waals surface area contributed by atoms with Gasteiger partial charge < -0.3 is 10.1 Å². The van der Waals surface area contributed by atoms with Gasteiger partial charge in [0.1, 0.15) is 12.4 Å². The Labute approximate surface area is 97.0 Å². The van der Waals surface area contributed by atoms with Gasteiger partial charge in [0.05, 0.1) is 6.04 Å². The number of hydrogen-bond acceptors (Lipinski definition) is 2. The number of nitrogens with one attached hydrogen (secondary N) is 1. The van der Waals surface area contributed by atoms with Crippen LogP contribution in [0.4, 0.5) is 9.18 Å². The summed E-state index contributed by atoms with van der Waals surface area (Å²) in [6.07, 6.45) is -0.547. The molecular weight excluding hydrogens is 244 g/mol. The largest absolute Gasteiger partial charge is 0.447 e. The van der Waals surface area contributed by atoms with Crippen molar-refractivity contribution in [2.75, 3.05) is 6.61 Å². The smallest absolute Gasteiger partial charge is 0.407 e. The molecular formula is C9H8Cl2FNO2. The lowest BCUT2D eigenvalue weighted by Crippen LogP contribution is -2.19. The first-order valence-electron chi connectivity index (χ1n) is 4.05. The fraction of sp³-hybridized carbons (Fsp3) is 0.222. The molecule has 82 valence electrons. The Hall–Kier alpha value is -1.00. The first kappa shape index (κ1) is 12.1. The lowest BCUT2D eigenvalue weighted by molar-refractivity contribution is 0.177. The van der Waals surface area contributed by atoms with Gasteiger partial charge in [-0.25, -0.2) is 9.18 Å². The van der Waals surface area contributed by atoms with Gasteiger partial charge in [-0.2, -0.15) is 0 Å². The average Bonchev–Trinajstić information content (AvgIpc) is 2.51. The normalized spacial score (nSPS) is 19.1. The van der Waals surface area contributed by atoms with Crippen LogP contribution >= 0.6 is 24.0 Å². The minimum atomic E-state index is -0.547. The molecule has 1 N–H and O–H groups in total. The first-order chi connectivity index (χ1) is 6.68. The molecule has 1 saturated heterocycles. The zero-order valence-corrected chi connectivity index (χ0v) is 9.07. The van der Waals surface area contributed by atoms with E-state index in [2.05, 4.69) is 10.1 Å². The van der Waals surface area contributed by atoms with Crippen molar-refractivity contribution in [1.82, 2.24) is 5.32 Å². The summed E-state index contributed by atoms with van der Waals surface area (Å²) < 4.78 is 18.0. The van der Waals surface area contributed by atoms with Gasteiger partial charge in [0, 0.05) is 10.6 Å². The van der Waals surface area contributed by atoms with Crippen molar-refractivity contribution < 1.29 is 13.9 Å². The van der Waals surface area contributed by atoms with E-state index in [1.54, 1.807) is 6.07 Å². The van der Waals surface area contributed by atoms with Crippen molar-refractivity contribution in [2.24, 2.45) is 0 Å². The Morgan fingerprint density at radius 1 is 1.53 bits per heavy atom. The molecule has 1 aliphatic heterocycles. The summed E-state index contributed by atoms with van der Waals surface area (Å²) in [4.78, 5) is 10.8. The summed E-state index contributed by atoms with van der Waals surface area (Å²) in [5.74, 6) is -0.437. The third-order valence-electron chi connectivity index (χ3n) is 2.02. The van der Waals surface area contributed by atoms with Crippen LogP contribution in [0, 0.1) is 5.82 Å². The lowest BCUT2D eigenvalue weighted by atomic mass is 10.1. The van der Waals surface area contributed by atoms with Crippen molar-refractivity contribution in [2.45, 2.75) is 6.04 Å². The summed E-state index contributed by atoms with van der Waals surface area (Å²) >= 11 is 5.81. The van der Waals surface area contributed by atoms with Crippen LogP contribution in [0.1, 0.15) is 11.6 Å². The van der Waals surface area contributed by atoms with E-state index >= 15 is 0 Å². The maximum Gasteiger partial charge on any atom is 0.407 e. The quantitative estimate of drug-likeness (QED) is 0.834. The number of carbonyl (C=O) groups excluding carboxylic acids is 1. The molecule has 0 aliphatic carbocycles. The molecule has 6 heteroatoms. The highest BCUT2D eigenvalue weighted by atomic mass is 35.5. The highest BCUT2D eigenvalue weighted by Crippen LogP contribution is 2.28. The van der Waals surface area contributed by atoms with E-state index in [1.807, 2.05) is 0 Å². The Morgan fingerprint density at radius 3 is 2.80 bits per heavy atom. The SMILES string of the molecule is Cl.O=C1N[C@H](c2c(F)cccc2Cl)CO1. The number of rotatable bonds is 1. The number of amides is 1. The summed E-state index contributed by atoms with van der Waals surface area (Å²) in [5, 5.41) is 2.76. The Morgan fingerprint density at radius 2 is 2.27 bits per heavy atom. The van der Waals surface area contributed by atoms with E-state index in [1.165, 1.54) is 12.1 Å². The molecule has 1 amide bonds. The van der Waals surface area contributed by atoms with Gasteiger partial charge in [0.2, 0.25) is 0 Å². The Balaban J connectivity index is 0.00000112. The second kappa shape index (κ2) is 4.68. The fourth-order valence-corrected chi connectivity index (χ4v) is 1.68. The predicted octanol–water partition coefficient (Wildman–Crippen LogP) is 2.68. The number of alkyl carbamates (subject to hydrolysis) is 1. The van der Waals surface area contributed by atoms with Crippen molar-refractivity contribution in [3.8, 4) is 0 Å². The Bertz CT molecular complexity index is 366. The van der Waals surface area contributed by atoms with Gasteiger partial charge in [-0.3, -0.25) is 0 Å². The number of carbonyl (C=O) groups is 1. The van der Waals surface area contributed by atoms with Crippen LogP contribution in [-0.2, 0) is 4.74 Å². The van der Waals surface area contributed by atoms with E-state index in [4.69, 9.17) is 11.6 Å². The maximum atomic E-state index is 13.3. The van der Waals surface area contributed by atoms with Crippen molar-refractivity contribution in [1.29, 1.82) is 0 Å². The van der Waals surface area contributed by atoms with E-state index in [9.17, 15) is 9.18 Å². The van der Waals surface area contributed by atoms with E-state index in [-0.39, 0.29) is 24.6 Å². The third kappa shape index (κ3) is 2.33. The molecule has 1 fully saturated rings. The number of cyclic esters (lactones) is 1. The molecule has 1 heterocycles. The molecule has 1 aliphatic rings. The topological polar surface area (TPSA) is 38.3 Å². The van der Waals surface area contributed by atoms with Crippen LogP contribution in [0.2, 0.25) is 5.02 Å². The standard InChI is InChI=1S/C9H7ClFNO2.ClH/c10-5-2-1-3-6(11)8(5)7-4-14-9(13)12-7;/h1-3,7H,4H2,(H,12,13);1H/t7-;/m0./s1. The van der Waals surface area contributed by atoms with Crippen molar-refractivity contribution >= 4 is 30.1 Å². The van der Waals surface area contributed by atoms with Gasteiger partial charge in [0.25, 0.3) is 0 Å². The highest BCUT2D eigenvalue weighted by molar-refractivity contribution is 6.31. The molecule has 0 radical (unpaired) electrons. The lowest BCUT2D eigenvalue weighted by Gasteiger charge is -2.10. The average molecular weight is 252 g/mol. The molecule has 0 spiro atoms. The van der Waals surface area contributed by atoms with Crippen LogP contribution < -0.4 is 5.32 Å². The van der Waals surface area contributed by atoms with Crippen molar-refractivity contribution in [3.05, 3.63) is 34.6 Å². The van der Waals surface area contributed by atoms with Crippen molar-refractivity contribution in [3.63, 3.8) is 0 Å². The molecule has 0 saturated carbocycles. The fourth-order valence-electron chi connectivity index (χ4n) is 1.38. The van der Waals surface area contributed by atoms with Gasteiger partial charge >= 0.3 is 6.09 Å². The van der Waals surface area contributed by atoms with Gasteiger partial charge in [-0.1, -0.05) is 17.7 Å². The van der Waals surface area contributed by atoms with E-state index in [0.29, 0.717) is 5.02 Å². The van der Waals surface area contributed by atoms with Gasteiger partial charge in [-0.15, -0.1) is 12.4 Å². The van der Waals surface area contributed by atoms with E-state index < -0.39 is 18.0 Å². The molecule has 3 nitrogen and oxygen atoms in total. The number of hydrogen-bond donors (Lipinski definition) is 1. The van der Waals surface area contributed by atoms with E-state index in [0.717, 1.165) is 0 Å². The number of ether oxygens (including phenoxy) is 1. The van der Waals surface area contributed by atoms with Crippen LogP contribution in [-0.4, -0.2) is 12.7 Å². The van der Waals surface area contributed by atoms with Crippen LogP contribution in [0.3, 0.4) is 0 Å². The van der Waals surface area contributed by atoms with Gasteiger partial charge in [0.15, 0.2) is 0 Å². The summed E-state index contributed by atoms with van der Waals surface area (Å²) in [5.41, 5.74) is 0.278. The monoisotopic (exact) mass is 251 g/mol. The molecule has 0 aromatic heterocycles. The number of halogens is 3. The molecule has 1 aromatic rings. The molecule has 15 heavy (non-hydrogen) atoms. The van der Waals surface area contributed by atoms with Gasteiger partial charge in [-0.05, 0) is 12.1 Å². The Kier molecular flexibility index (Phi) is 3.77. The first-order valence-corrected chi connectivity index (χ1v) is 4.43. The molecule has 2 rings (SSSR count). The summed E-state index contributed by atoms with van der Waals surface area (Å²) in [6.45, 7) is 0.111. The predicted molar refractivity (Wildman–Crippen MR) is 55.9 cm³/mol. The second-order valence-electron chi connectivity index (χ2n) is 2.93. The third-order valence-corrected chi connectivity index (χ3v) is 2.35. The second-order valence-corrected chi connectivity index (χ2v) is 3.34. The van der Waals surface area contributed by atoms with Crippen LogP contribution in [0.5, 0.6) is 0 Å². The molecule has 1 aromatic carbocycles. The highest BCUT2D eigenvalue weighted by Gasteiger charge is 2.27. The zero-order valence-electron chi connectivity index (χ0n) is 7.50. The summed E-state index contributed by atoms with van der Waals surface area (Å²) in [6, 6.07) is 3.89.